The van der Waals surface area contributed by atoms with Gasteiger partial charge in [0.25, 0.3) is 0 Å². The number of carbonyl (C=O) groups is 2. The molecule has 0 radical (unpaired) electrons. The van der Waals surface area contributed by atoms with Gasteiger partial charge in [-0.3, -0.25) is 0 Å². The van der Waals surface area contributed by atoms with Crippen molar-refractivity contribution in [3.63, 3.8) is 0 Å². The van der Waals surface area contributed by atoms with Crippen molar-refractivity contribution in [1.82, 2.24) is 5.32 Å². The highest BCUT2D eigenvalue weighted by molar-refractivity contribution is 5.82. The molecule has 3 aromatic rings. The number of alkyl carbamates (subject to hydrolysis) is 1. The molecule has 0 aliphatic heterocycles. The highest BCUT2D eigenvalue weighted by Gasteiger charge is 2.30. The minimum absolute atomic E-state index is 0.00448. The van der Waals surface area contributed by atoms with E-state index in [1.165, 1.54) is 0 Å². The molecule has 1 N–H and O–H groups in total. The van der Waals surface area contributed by atoms with Gasteiger partial charge in [0.2, 0.25) is 0 Å². The predicted octanol–water partition coefficient (Wildman–Crippen LogP) is 5.06. The van der Waals surface area contributed by atoms with Crippen LogP contribution in [0.4, 0.5) is 4.79 Å². The monoisotopic (exact) mass is 459 g/mol. The number of benzene rings is 3. The third-order valence-corrected chi connectivity index (χ3v) is 5.74. The Morgan fingerprint density at radius 1 is 0.824 bits per heavy atom. The molecule has 1 aliphatic rings. The van der Waals surface area contributed by atoms with Gasteiger partial charge < -0.3 is 19.5 Å². The normalized spacial score (nSPS) is 13.1. The van der Waals surface area contributed by atoms with E-state index in [2.05, 4.69) is 29.6 Å². The molecule has 3 aromatic carbocycles. The standard InChI is InChI=1S/C28H29NO5/c1-19(2)32-18-26(27(30)33-16-20-10-4-3-5-11-20)29-28(31)34-17-25-23-14-8-6-12-21(23)22-13-7-9-15-24(22)25/h3-15,19,25-26H,16-18H2,1-2H3,(H,29,31)/t26-/m0/s1. The number of hydrogen-bond acceptors (Lipinski definition) is 5. The van der Waals surface area contributed by atoms with Crippen molar-refractivity contribution in [1.29, 1.82) is 0 Å². The summed E-state index contributed by atoms with van der Waals surface area (Å²) in [5.41, 5.74) is 5.41. The van der Waals surface area contributed by atoms with Crippen molar-refractivity contribution in [2.75, 3.05) is 13.2 Å². The fraction of sp³-hybridized carbons (Fsp3) is 0.286. The van der Waals surface area contributed by atoms with Gasteiger partial charge in [0, 0.05) is 5.92 Å². The predicted molar refractivity (Wildman–Crippen MR) is 129 cm³/mol. The van der Waals surface area contributed by atoms with E-state index in [1.807, 2.05) is 68.4 Å². The molecule has 34 heavy (non-hydrogen) atoms. The number of ether oxygens (including phenoxy) is 3. The Hall–Kier alpha value is -3.64. The first-order chi connectivity index (χ1) is 16.5. The van der Waals surface area contributed by atoms with Crippen LogP contribution < -0.4 is 5.32 Å². The molecule has 1 aliphatic carbocycles. The number of amides is 1. The van der Waals surface area contributed by atoms with Crippen LogP contribution in [0.25, 0.3) is 11.1 Å². The summed E-state index contributed by atoms with van der Waals surface area (Å²) in [6, 6.07) is 24.7. The van der Waals surface area contributed by atoms with Crippen LogP contribution in [0.2, 0.25) is 0 Å². The summed E-state index contributed by atoms with van der Waals surface area (Å²) in [4.78, 5) is 25.3. The average Bonchev–Trinajstić information content (AvgIpc) is 3.18. The molecule has 0 bridgehead atoms. The van der Waals surface area contributed by atoms with Crippen molar-refractivity contribution in [2.24, 2.45) is 0 Å². The largest absolute Gasteiger partial charge is 0.459 e. The second kappa shape index (κ2) is 11.0. The van der Waals surface area contributed by atoms with E-state index in [1.54, 1.807) is 0 Å². The van der Waals surface area contributed by atoms with Gasteiger partial charge in [-0.15, -0.1) is 0 Å². The molecule has 6 nitrogen and oxygen atoms in total. The van der Waals surface area contributed by atoms with Crippen molar-refractivity contribution in [3.05, 3.63) is 95.6 Å². The van der Waals surface area contributed by atoms with Crippen LogP contribution in [-0.4, -0.2) is 37.4 Å². The molecular formula is C28H29NO5. The first-order valence-corrected chi connectivity index (χ1v) is 11.5. The maximum atomic E-state index is 12.7. The average molecular weight is 460 g/mol. The molecule has 1 amide bonds. The van der Waals surface area contributed by atoms with E-state index >= 15 is 0 Å². The lowest BCUT2D eigenvalue weighted by molar-refractivity contribution is -0.149. The Morgan fingerprint density at radius 2 is 1.41 bits per heavy atom. The molecule has 6 heteroatoms. The minimum atomic E-state index is -0.971. The SMILES string of the molecule is CC(C)OC[C@H](NC(=O)OCC1c2ccccc2-c2ccccc21)C(=O)OCc1ccccc1. The minimum Gasteiger partial charge on any atom is -0.459 e. The zero-order chi connectivity index (χ0) is 23.9. The molecule has 0 heterocycles. The van der Waals surface area contributed by atoms with Gasteiger partial charge in [0.15, 0.2) is 6.04 Å². The molecule has 0 aromatic heterocycles. The van der Waals surface area contributed by atoms with Crippen molar-refractivity contribution >= 4 is 12.1 Å². The van der Waals surface area contributed by atoms with Crippen molar-refractivity contribution < 1.29 is 23.8 Å². The number of nitrogens with one attached hydrogen (secondary N) is 1. The van der Waals surface area contributed by atoms with Crippen LogP contribution in [0, 0.1) is 0 Å². The lowest BCUT2D eigenvalue weighted by Gasteiger charge is -2.20. The number of fused-ring (bicyclic) bond motifs is 3. The second-order valence-electron chi connectivity index (χ2n) is 8.50. The molecule has 0 saturated heterocycles. The van der Waals surface area contributed by atoms with Gasteiger partial charge in [-0.25, -0.2) is 9.59 Å². The Balaban J connectivity index is 1.38. The third kappa shape index (κ3) is 5.64. The molecule has 4 rings (SSSR count). The van der Waals surface area contributed by atoms with E-state index in [0.717, 1.165) is 27.8 Å². The highest BCUT2D eigenvalue weighted by Crippen LogP contribution is 2.44. The van der Waals surface area contributed by atoms with E-state index in [4.69, 9.17) is 14.2 Å². The maximum absolute atomic E-state index is 12.7. The molecule has 1 atom stereocenters. The van der Waals surface area contributed by atoms with Crippen LogP contribution >= 0.6 is 0 Å². The zero-order valence-electron chi connectivity index (χ0n) is 19.4. The smallest absolute Gasteiger partial charge is 0.407 e. The van der Waals surface area contributed by atoms with Gasteiger partial charge >= 0.3 is 12.1 Å². The zero-order valence-corrected chi connectivity index (χ0v) is 19.4. The third-order valence-electron chi connectivity index (χ3n) is 5.74. The van der Waals surface area contributed by atoms with Gasteiger partial charge in [0.05, 0.1) is 12.7 Å². The van der Waals surface area contributed by atoms with Gasteiger partial charge in [0.1, 0.15) is 13.2 Å². The highest BCUT2D eigenvalue weighted by atomic mass is 16.6. The fourth-order valence-electron chi connectivity index (χ4n) is 4.07. The van der Waals surface area contributed by atoms with E-state index in [9.17, 15) is 9.59 Å². The summed E-state index contributed by atoms with van der Waals surface area (Å²) in [6.07, 6.45) is -0.787. The van der Waals surface area contributed by atoms with Gasteiger partial charge in [-0.1, -0.05) is 78.9 Å². The lowest BCUT2D eigenvalue weighted by Crippen LogP contribution is -2.45. The van der Waals surface area contributed by atoms with Crippen molar-refractivity contribution in [3.8, 4) is 11.1 Å². The van der Waals surface area contributed by atoms with Gasteiger partial charge in [-0.05, 0) is 41.7 Å². The van der Waals surface area contributed by atoms with E-state index in [0.29, 0.717) is 0 Å². The summed E-state index contributed by atoms with van der Waals surface area (Å²) < 4.78 is 16.6. The Labute approximate surface area is 199 Å². The van der Waals surface area contributed by atoms with E-state index < -0.39 is 18.1 Å². The summed E-state index contributed by atoms with van der Waals surface area (Å²) in [7, 11) is 0. The first-order valence-electron chi connectivity index (χ1n) is 11.5. The lowest BCUT2D eigenvalue weighted by atomic mass is 9.98. The molecule has 0 unspecified atom stereocenters. The first kappa shape index (κ1) is 23.5. The van der Waals surface area contributed by atoms with E-state index in [-0.39, 0.29) is 31.8 Å². The Bertz CT molecular complexity index is 1080. The topological polar surface area (TPSA) is 73.9 Å². The molecule has 176 valence electrons. The van der Waals surface area contributed by atoms with Gasteiger partial charge in [-0.2, -0.15) is 0 Å². The summed E-state index contributed by atoms with van der Waals surface area (Å²) in [5.74, 6) is -0.633. The second-order valence-corrected chi connectivity index (χ2v) is 8.50. The van der Waals surface area contributed by atoms with Crippen LogP contribution in [0.15, 0.2) is 78.9 Å². The van der Waals surface area contributed by atoms with Crippen LogP contribution in [0.5, 0.6) is 0 Å². The van der Waals surface area contributed by atoms with Crippen molar-refractivity contribution in [2.45, 2.75) is 38.5 Å². The number of hydrogen-bond donors (Lipinski definition) is 1. The number of rotatable bonds is 9. The summed E-state index contributed by atoms with van der Waals surface area (Å²) in [6.45, 7) is 4.00. The molecular weight excluding hydrogens is 430 g/mol. The Morgan fingerprint density at radius 3 is 2.03 bits per heavy atom. The maximum Gasteiger partial charge on any atom is 0.407 e. The quantitative estimate of drug-likeness (QED) is 0.453. The number of esters is 1. The number of carbonyl (C=O) groups excluding carboxylic acids is 2. The fourth-order valence-corrected chi connectivity index (χ4v) is 4.07. The summed E-state index contributed by atoms with van der Waals surface area (Å²) >= 11 is 0. The molecule has 0 spiro atoms. The Kier molecular flexibility index (Phi) is 7.60. The summed E-state index contributed by atoms with van der Waals surface area (Å²) in [5, 5.41) is 2.62. The van der Waals surface area contributed by atoms with Crippen LogP contribution in [-0.2, 0) is 25.6 Å². The van der Waals surface area contributed by atoms with Crippen LogP contribution in [0.1, 0.15) is 36.5 Å². The van der Waals surface area contributed by atoms with Crippen LogP contribution in [0.3, 0.4) is 0 Å². The molecule has 0 fully saturated rings. The molecule has 0 saturated carbocycles.